The van der Waals surface area contributed by atoms with Gasteiger partial charge in [-0.05, 0) is 34.5 Å². The van der Waals surface area contributed by atoms with Gasteiger partial charge in [0.2, 0.25) is 0 Å². The molecule has 1 aliphatic heterocycles. The molecule has 0 N–H and O–H groups in total. The van der Waals surface area contributed by atoms with Gasteiger partial charge in [0.1, 0.15) is 15.7 Å². The predicted molar refractivity (Wildman–Crippen MR) is 85.0 cm³/mol. The fraction of sp³-hybridized carbons (Fsp3) is 0.615. The van der Waals surface area contributed by atoms with Crippen LogP contribution in [0.5, 0.6) is 0 Å². The van der Waals surface area contributed by atoms with Crippen LogP contribution in [0.2, 0.25) is 0 Å². The van der Waals surface area contributed by atoms with Gasteiger partial charge in [-0.2, -0.15) is 0 Å². The molecule has 0 aliphatic carbocycles. The van der Waals surface area contributed by atoms with Crippen LogP contribution in [0.1, 0.15) is 5.56 Å². The zero-order valence-corrected chi connectivity index (χ0v) is 14.2. The summed E-state index contributed by atoms with van der Waals surface area (Å²) >= 11 is 3.42. The Balaban J connectivity index is 1.91. The third-order valence-electron chi connectivity index (χ3n) is 3.47. The van der Waals surface area contributed by atoms with Crippen molar-refractivity contribution in [3.8, 4) is 0 Å². The molecule has 1 aromatic rings. The zero-order valence-electron chi connectivity index (χ0n) is 11.8. The molecule has 1 fully saturated rings. The lowest BCUT2D eigenvalue weighted by molar-refractivity contribution is 0.271. The second-order valence-corrected chi connectivity index (χ2v) is 8.43. The van der Waals surface area contributed by atoms with Gasteiger partial charge in [0, 0.05) is 49.6 Å². The molecule has 0 aromatic carbocycles. The Hall–Kier alpha value is -0.660. The topological polar surface area (TPSA) is 53.5 Å². The van der Waals surface area contributed by atoms with Crippen molar-refractivity contribution in [3.63, 3.8) is 0 Å². The first kappa shape index (κ1) is 15.7. The summed E-state index contributed by atoms with van der Waals surface area (Å²) in [5.41, 5.74) is 1.16. The number of piperazine rings is 1. The molecule has 2 rings (SSSR count). The van der Waals surface area contributed by atoms with Gasteiger partial charge >= 0.3 is 0 Å². The van der Waals surface area contributed by atoms with Crippen LogP contribution in [0.3, 0.4) is 0 Å². The third kappa shape index (κ3) is 4.43. The van der Waals surface area contributed by atoms with Crippen molar-refractivity contribution in [2.75, 3.05) is 49.6 Å². The summed E-state index contributed by atoms with van der Waals surface area (Å²) < 4.78 is 23.4. The van der Waals surface area contributed by atoms with Crippen molar-refractivity contribution in [1.82, 2.24) is 9.88 Å². The van der Waals surface area contributed by atoms with Crippen molar-refractivity contribution >= 4 is 31.6 Å². The van der Waals surface area contributed by atoms with Crippen LogP contribution in [0.4, 0.5) is 5.82 Å². The maximum absolute atomic E-state index is 11.2. The molecule has 0 amide bonds. The predicted octanol–water partition coefficient (Wildman–Crippen LogP) is 1.32. The number of anilines is 1. The number of sulfone groups is 1. The van der Waals surface area contributed by atoms with Gasteiger partial charge in [0.15, 0.2) is 0 Å². The summed E-state index contributed by atoms with van der Waals surface area (Å²) in [6, 6.07) is 2.07. The van der Waals surface area contributed by atoms with Crippen molar-refractivity contribution in [3.05, 3.63) is 22.3 Å². The van der Waals surface area contributed by atoms with Crippen LogP contribution < -0.4 is 4.90 Å². The molecule has 0 saturated carbocycles. The summed E-state index contributed by atoms with van der Waals surface area (Å²) in [5, 5.41) is 0. The summed E-state index contributed by atoms with van der Waals surface area (Å²) in [4.78, 5) is 8.94. The maximum Gasteiger partial charge on any atom is 0.148 e. The van der Waals surface area contributed by atoms with E-state index in [1.54, 1.807) is 0 Å². The van der Waals surface area contributed by atoms with Crippen LogP contribution in [0, 0.1) is 6.92 Å². The second kappa shape index (κ2) is 6.41. The van der Waals surface area contributed by atoms with E-state index in [4.69, 9.17) is 0 Å². The fourth-order valence-electron chi connectivity index (χ4n) is 2.34. The Morgan fingerprint density at radius 1 is 1.30 bits per heavy atom. The molecule has 112 valence electrons. The highest BCUT2D eigenvalue weighted by atomic mass is 79.9. The molecule has 1 saturated heterocycles. The van der Waals surface area contributed by atoms with Crippen LogP contribution >= 0.6 is 15.9 Å². The van der Waals surface area contributed by atoms with Gasteiger partial charge in [-0.25, -0.2) is 13.4 Å². The summed E-state index contributed by atoms with van der Waals surface area (Å²) in [5.74, 6) is 1.26. The van der Waals surface area contributed by atoms with Crippen LogP contribution in [0.25, 0.3) is 0 Å². The highest BCUT2D eigenvalue weighted by Crippen LogP contribution is 2.21. The quantitative estimate of drug-likeness (QED) is 0.809. The van der Waals surface area contributed by atoms with E-state index in [1.807, 2.05) is 6.20 Å². The minimum absolute atomic E-state index is 0.239. The van der Waals surface area contributed by atoms with E-state index in [2.05, 4.69) is 43.7 Å². The normalized spacial score (nSPS) is 17.4. The number of hydrogen-bond donors (Lipinski definition) is 0. The minimum Gasteiger partial charge on any atom is -0.354 e. The van der Waals surface area contributed by atoms with E-state index in [0.717, 1.165) is 42.0 Å². The molecule has 2 heterocycles. The second-order valence-electron chi connectivity index (χ2n) is 5.25. The fourth-order valence-corrected chi connectivity index (χ4v) is 3.38. The molecule has 0 atom stereocenters. The molecule has 5 nitrogen and oxygen atoms in total. The first-order chi connectivity index (χ1) is 9.35. The van der Waals surface area contributed by atoms with E-state index in [9.17, 15) is 8.42 Å². The Morgan fingerprint density at radius 2 is 1.95 bits per heavy atom. The first-order valence-corrected chi connectivity index (χ1v) is 9.48. The van der Waals surface area contributed by atoms with Crippen molar-refractivity contribution in [2.24, 2.45) is 0 Å². The van der Waals surface area contributed by atoms with Gasteiger partial charge in [0.25, 0.3) is 0 Å². The van der Waals surface area contributed by atoms with Gasteiger partial charge in [-0.1, -0.05) is 0 Å². The standard InChI is InChI=1S/C13H20BrN3O2S/c1-11-9-12(14)10-15-13(11)17-5-3-16(4-6-17)7-8-20(2,18)19/h9-10H,3-8H2,1-2H3. The lowest BCUT2D eigenvalue weighted by Gasteiger charge is -2.35. The Kier molecular flexibility index (Phi) is 5.04. The number of aromatic nitrogens is 1. The van der Waals surface area contributed by atoms with Crippen LogP contribution in [-0.4, -0.2) is 63.0 Å². The summed E-state index contributed by atoms with van der Waals surface area (Å²) in [7, 11) is -2.87. The summed E-state index contributed by atoms with van der Waals surface area (Å²) in [6.45, 7) is 6.22. The Labute approximate surface area is 129 Å². The van der Waals surface area contributed by atoms with Crippen molar-refractivity contribution in [1.29, 1.82) is 0 Å². The lowest BCUT2D eigenvalue weighted by atomic mass is 10.2. The molecule has 0 bridgehead atoms. The molecule has 0 radical (unpaired) electrons. The average molecular weight is 362 g/mol. The van der Waals surface area contributed by atoms with E-state index >= 15 is 0 Å². The lowest BCUT2D eigenvalue weighted by Crippen LogP contribution is -2.48. The first-order valence-electron chi connectivity index (χ1n) is 6.62. The Bertz CT molecular complexity index is 569. The van der Waals surface area contributed by atoms with Crippen molar-refractivity contribution in [2.45, 2.75) is 6.92 Å². The average Bonchev–Trinajstić information content (AvgIpc) is 2.36. The minimum atomic E-state index is -2.87. The number of pyridine rings is 1. The zero-order chi connectivity index (χ0) is 14.8. The molecule has 1 aliphatic rings. The molecular formula is C13H20BrN3O2S. The Morgan fingerprint density at radius 3 is 2.50 bits per heavy atom. The van der Waals surface area contributed by atoms with E-state index in [1.165, 1.54) is 6.26 Å². The maximum atomic E-state index is 11.2. The highest BCUT2D eigenvalue weighted by molar-refractivity contribution is 9.10. The molecule has 1 aromatic heterocycles. The van der Waals surface area contributed by atoms with Crippen LogP contribution in [-0.2, 0) is 9.84 Å². The number of halogens is 1. The largest absolute Gasteiger partial charge is 0.354 e. The van der Waals surface area contributed by atoms with Gasteiger partial charge in [-0.15, -0.1) is 0 Å². The van der Waals surface area contributed by atoms with E-state index in [0.29, 0.717) is 6.54 Å². The van der Waals surface area contributed by atoms with Crippen molar-refractivity contribution < 1.29 is 8.42 Å². The van der Waals surface area contributed by atoms with Crippen LogP contribution in [0.15, 0.2) is 16.7 Å². The molecular weight excluding hydrogens is 342 g/mol. The highest BCUT2D eigenvalue weighted by Gasteiger charge is 2.20. The number of rotatable bonds is 4. The third-order valence-corrected chi connectivity index (χ3v) is 4.83. The molecule has 7 heteroatoms. The summed E-state index contributed by atoms with van der Waals surface area (Å²) in [6.07, 6.45) is 3.11. The molecule has 20 heavy (non-hydrogen) atoms. The monoisotopic (exact) mass is 361 g/mol. The number of nitrogens with zero attached hydrogens (tertiary/aromatic N) is 3. The smallest absolute Gasteiger partial charge is 0.148 e. The van der Waals surface area contributed by atoms with Gasteiger partial charge < -0.3 is 4.90 Å². The van der Waals surface area contributed by atoms with E-state index < -0.39 is 9.84 Å². The number of aryl methyl sites for hydroxylation is 1. The van der Waals surface area contributed by atoms with E-state index in [-0.39, 0.29) is 5.75 Å². The molecule has 0 spiro atoms. The number of hydrogen-bond acceptors (Lipinski definition) is 5. The van der Waals surface area contributed by atoms with Gasteiger partial charge in [0.05, 0.1) is 5.75 Å². The van der Waals surface area contributed by atoms with Gasteiger partial charge in [-0.3, -0.25) is 4.90 Å². The molecule has 0 unspecified atom stereocenters. The SMILES string of the molecule is Cc1cc(Br)cnc1N1CCN(CCS(C)(=O)=O)CC1.